The summed E-state index contributed by atoms with van der Waals surface area (Å²) in [5.41, 5.74) is 1.90. The fourth-order valence-electron chi connectivity index (χ4n) is 3.15. The number of nitrogens with zero attached hydrogens (tertiary/aromatic N) is 2. The third kappa shape index (κ3) is 5.10. The molecular weight excluding hydrogens is 408 g/mol. The molecule has 0 spiro atoms. The van der Waals surface area contributed by atoms with Crippen molar-refractivity contribution in [1.82, 2.24) is 4.90 Å². The topological polar surface area (TPSA) is 93.2 Å². The van der Waals surface area contributed by atoms with Gasteiger partial charge in [0.05, 0.1) is 37.8 Å². The molecule has 1 aliphatic rings. The Morgan fingerprint density at radius 3 is 2.10 bits per heavy atom. The number of carbonyl (C=O) groups is 2. The van der Waals surface area contributed by atoms with E-state index in [2.05, 4.69) is 0 Å². The molecule has 1 heterocycles. The van der Waals surface area contributed by atoms with Gasteiger partial charge in [0.1, 0.15) is 5.75 Å². The molecule has 0 radical (unpaired) electrons. The normalized spacial score (nSPS) is 15.3. The summed E-state index contributed by atoms with van der Waals surface area (Å²) in [5.74, 6) is 0.156. The summed E-state index contributed by atoms with van der Waals surface area (Å²) < 4.78 is 33.4. The molecule has 0 saturated carbocycles. The van der Waals surface area contributed by atoms with E-state index in [0.717, 1.165) is 5.56 Å². The van der Waals surface area contributed by atoms with Gasteiger partial charge < -0.3 is 14.4 Å². The average Bonchev–Trinajstić information content (AvgIpc) is 2.77. The molecule has 30 heavy (non-hydrogen) atoms. The zero-order valence-electron chi connectivity index (χ0n) is 16.9. The molecule has 1 saturated heterocycles. The molecule has 0 atom stereocenters. The first kappa shape index (κ1) is 21.6. The van der Waals surface area contributed by atoms with Crippen LogP contribution in [0.2, 0.25) is 0 Å². The lowest BCUT2D eigenvalue weighted by atomic mass is 10.1. The molecule has 2 amide bonds. The molecule has 0 N–H and O–H groups in total. The van der Waals surface area contributed by atoms with Gasteiger partial charge in [-0.25, -0.2) is 18.0 Å². The van der Waals surface area contributed by atoms with Crippen LogP contribution in [-0.2, 0) is 21.1 Å². The fourth-order valence-corrected chi connectivity index (χ4v) is 4.35. The van der Waals surface area contributed by atoms with Gasteiger partial charge in [0.2, 0.25) is 0 Å². The van der Waals surface area contributed by atoms with Crippen LogP contribution in [0.4, 0.5) is 10.5 Å². The molecule has 1 fully saturated rings. The van der Waals surface area contributed by atoms with Crippen molar-refractivity contribution in [3.63, 3.8) is 0 Å². The van der Waals surface area contributed by atoms with Gasteiger partial charge in [-0.05, 0) is 42.0 Å². The van der Waals surface area contributed by atoms with Crippen molar-refractivity contribution < 1.29 is 27.5 Å². The Hall–Kier alpha value is -3.07. The lowest BCUT2D eigenvalue weighted by molar-refractivity contribution is 0.0600. The second-order valence-electron chi connectivity index (χ2n) is 6.89. The molecule has 3 rings (SSSR count). The van der Waals surface area contributed by atoms with E-state index < -0.39 is 15.8 Å². The molecule has 0 unspecified atom stereocenters. The van der Waals surface area contributed by atoms with Gasteiger partial charge in [0.25, 0.3) is 0 Å². The van der Waals surface area contributed by atoms with E-state index >= 15 is 0 Å². The van der Waals surface area contributed by atoms with Crippen molar-refractivity contribution in [1.29, 1.82) is 0 Å². The lowest BCUT2D eigenvalue weighted by Crippen LogP contribution is -2.49. The van der Waals surface area contributed by atoms with Crippen LogP contribution >= 0.6 is 0 Å². The number of anilines is 1. The Morgan fingerprint density at radius 2 is 1.57 bits per heavy atom. The number of urea groups is 1. The maximum Gasteiger partial charge on any atom is 0.337 e. The van der Waals surface area contributed by atoms with Crippen molar-refractivity contribution in [2.45, 2.75) is 6.54 Å². The Bertz CT molecular complexity index is 989. The molecule has 9 heteroatoms. The monoisotopic (exact) mass is 432 g/mol. The van der Waals surface area contributed by atoms with Crippen LogP contribution in [0.15, 0.2) is 48.5 Å². The molecule has 0 aromatic heterocycles. The summed E-state index contributed by atoms with van der Waals surface area (Å²) in [5, 5.41) is 0. The van der Waals surface area contributed by atoms with Gasteiger partial charge in [-0.1, -0.05) is 12.1 Å². The number of benzene rings is 2. The number of hydrogen-bond donors (Lipinski definition) is 0. The van der Waals surface area contributed by atoms with E-state index in [1.807, 2.05) is 0 Å². The third-order valence-electron chi connectivity index (χ3n) is 4.95. The molecule has 2 aromatic rings. The first-order chi connectivity index (χ1) is 14.3. The smallest absolute Gasteiger partial charge is 0.337 e. The molecule has 0 aliphatic carbocycles. The highest BCUT2D eigenvalue weighted by atomic mass is 32.2. The molecule has 1 aliphatic heterocycles. The van der Waals surface area contributed by atoms with Gasteiger partial charge in [0, 0.05) is 18.8 Å². The number of sulfone groups is 1. The van der Waals surface area contributed by atoms with Gasteiger partial charge in [-0.3, -0.25) is 4.90 Å². The SMILES string of the molecule is COC(=O)c1ccc(CN(C(=O)N2CCS(=O)(=O)CC2)c2ccc(OC)cc2)cc1. The Kier molecular flexibility index (Phi) is 6.61. The molecule has 8 nitrogen and oxygen atoms in total. The lowest BCUT2D eigenvalue weighted by Gasteiger charge is -2.33. The number of carbonyl (C=O) groups excluding carboxylic acids is 2. The highest BCUT2D eigenvalue weighted by molar-refractivity contribution is 7.91. The number of ether oxygens (including phenoxy) is 2. The second-order valence-corrected chi connectivity index (χ2v) is 9.20. The number of hydrogen-bond acceptors (Lipinski definition) is 6. The standard InChI is InChI=1S/C21H24N2O6S/c1-28-19-9-7-18(8-10-19)23(21(25)22-11-13-30(26,27)14-12-22)15-16-3-5-17(6-4-16)20(24)29-2/h3-10H,11-15H2,1-2H3. The summed E-state index contributed by atoms with van der Waals surface area (Å²) in [6, 6.07) is 13.6. The number of methoxy groups -OCH3 is 2. The second kappa shape index (κ2) is 9.17. The van der Waals surface area contributed by atoms with E-state index in [4.69, 9.17) is 9.47 Å². The summed E-state index contributed by atoms with van der Waals surface area (Å²) in [6.45, 7) is 0.583. The third-order valence-corrected chi connectivity index (χ3v) is 6.55. The first-order valence-electron chi connectivity index (χ1n) is 9.41. The van der Waals surface area contributed by atoms with Crippen LogP contribution in [0, 0.1) is 0 Å². The van der Waals surface area contributed by atoms with Crippen molar-refractivity contribution in [2.24, 2.45) is 0 Å². The van der Waals surface area contributed by atoms with Gasteiger partial charge in [-0.15, -0.1) is 0 Å². The highest BCUT2D eigenvalue weighted by Crippen LogP contribution is 2.23. The highest BCUT2D eigenvalue weighted by Gasteiger charge is 2.29. The largest absolute Gasteiger partial charge is 0.497 e. The van der Waals surface area contributed by atoms with Gasteiger partial charge in [-0.2, -0.15) is 0 Å². The van der Waals surface area contributed by atoms with Crippen LogP contribution in [0.25, 0.3) is 0 Å². The number of amides is 2. The molecule has 2 aromatic carbocycles. The first-order valence-corrected chi connectivity index (χ1v) is 11.2. The van der Waals surface area contributed by atoms with E-state index in [1.165, 1.54) is 7.11 Å². The van der Waals surface area contributed by atoms with E-state index in [1.54, 1.807) is 65.4 Å². The van der Waals surface area contributed by atoms with E-state index in [9.17, 15) is 18.0 Å². The Balaban J connectivity index is 1.85. The minimum absolute atomic E-state index is 0.0387. The Labute approximate surface area is 175 Å². The summed E-state index contributed by atoms with van der Waals surface area (Å²) >= 11 is 0. The van der Waals surface area contributed by atoms with Crippen molar-refractivity contribution in [3.05, 3.63) is 59.7 Å². The predicted octanol–water partition coefficient (Wildman–Crippen LogP) is 2.34. The van der Waals surface area contributed by atoms with Gasteiger partial charge in [0.15, 0.2) is 9.84 Å². The van der Waals surface area contributed by atoms with Crippen LogP contribution in [-0.4, -0.2) is 64.1 Å². The van der Waals surface area contributed by atoms with Crippen LogP contribution in [0.3, 0.4) is 0 Å². The van der Waals surface area contributed by atoms with Crippen molar-refractivity contribution in [2.75, 3.05) is 43.7 Å². The quantitative estimate of drug-likeness (QED) is 0.674. The maximum atomic E-state index is 13.2. The minimum atomic E-state index is -3.10. The van der Waals surface area contributed by atoms with Crippen molar-refractivity contribution in [3.8, 4) is 5.75 Å². The van der Waals surface area contributed by atoms with Crippen LogP contribution in [0.1, 0.15) is 15.9 Å². The summed E-state index contributed by atoms with van der Waals surface area (Å²) in [6.07, 6.45) is 0. The average molecular weight is 432 g/mol. The maximum absolute atomic E-state index is 13.2. The van der Waals surface area contributed by atoms with Gasteiger partial charge >= 0.3 is 12.0 Å². The molecule has 160 valence electrons. The minimum Gasteiger partial charge on any atom is -0.497 e. The zero-order valence-corrected chi connectivity index (χ0v) is 17.7. The summed E-state index contributed by atoms with van der Waals surface area (Å²) in [4.78, 5) is 28.0. The number of esters is 1. The Morgan fingerprint density at radius 1 is 0.967 bits per heavy atom. The van der Waals surface area contributed by atoms with E-state index in [0.29, 0.717) is 17.0 Å². The fraction of sp³-hybridized carbons (Fsp3) is 0.333. The number of rotatable bonds is 5. The van der Waals surface area contributed by atoms with Crippen molar-refractivity contribution >= 4 is 27.5 Å². The zero-order chi connectivity index (χ0) is 21.7. The van der Waals surface area contributed by atoms with Crippen LogP contribution in [0.5, 0.6) is 5.75 Å². The molecule has 0 bridgehead atoms. The predicted molar refractivity (Wildman–Crippen MR) is 113 cm³/mol. The molecular formula is C21H24N2O6S. The van der Waals surface area contributed by atoms with Crippen LogP contribution < -0.4 is 9.64 Å². The van der Waals surface area contributed by atoms with E-state index in [-0.39, 0.29) is 37.2 Å². The summed E-state index contributed by atoms with van der Waals surface area (Å²) in [7, 11) is -0.213.